The fraction of sp³-hybridized carbons (Fsp3) is 0.550. The monoisotopic (exact) mass is 356 g/mol. The molecule has 1 aromatic heterocycles. The molecule has 0 saturated carbocycles. The Hall–Kier alpha value is -2.21. The number of benzene rings is 1. The highest BCUT2D eigenvalue weighted by atomic mass is 16.5. The Labute approximate surface area is 155 Å². The van der Waals surface area contributed by atoms with Gasteiger partial charge in [0.15, 0.2) is 0 Å². The standard InChI is InChI=1S/C20H28N4O2/c1-14(24-13-18(21-22-24)16-8-6-5-7-9-16)12-17-10-11-19(26-17)15(2)20(25)23(3)4/h5-9,13-15,17,19H,10-12H2,1-4H3/t14-,15+,17-,19+/m1/s1. The van der Waals surface area contributed by atoms with Crippen LogP contribution in [0, 0.1) is 5.92 Å². The summed E-state index contributed by atoms with van der Waals surface area (Å²) < 4.78 is 8.08. The van der Waals surface area contributed by atoms with E-state index < -0.39 is 0 Å². The second-order valence-corrected chi connectivity index (χ2v) is 7.43. The van der Waals surface area contributed by atoms with Crippen LogP contribution in [0.1, 0.15) is 39.2 Å². The van der Waals surface area contributed by atoms with Crippen LogP contribution in [0.15, 0.2) is 36.5 Å². The molecule has 1 amide bonds. The van der Waals surface area contributed by atoms with E-state index in [0.717, 1.165) is 30.5 Å². The van der Waals surface area contributed by atoms with E-state index >= 15 is 0 Å². The first-order valence-electron chi connectivity index (χ1n) is 9.29. The lowest BCUT2D eigenvalue weighted by molar-refractivity contribution is -0.137. The molecular formula is C20H28N4O2. The van der Waals surface area contributed by atoms with E-state index in [-0.39, 0.29) is 30.1 Å². The van der Waals surface area contributed by atoms with E-state index in [0.29, 0.717) is 0 Å². The van der Waals surface area contributed by atoms with Gasteiger partial charge < -0.3 is 9.64 Å². The lowest BCUT2D eigenvalue weighted by atomic mass is 10.00. The van der Waals surface area contributed by atoms with Crippen molar-refractivity contribution in [2.24, 2.45) is 5.92 Å². The molecule has 0 aliphatic carbocycles. The van der Waals surface area contributed by atoms with Gasteiger partial charge >= 0.3 is 0 Å². The van der Waals surface area contributed by atoms with Gasteiger partial charge in [-0.25, -0.2) is 4.68 Å². The van der Waals surface area contributed by atoms with Crippen LogP contribution in [-0.2, 0) is 9.53 Å². The highest BCUT2D eigenvalue weighted by Crippen LogP contribution is 2.31. The second-order valence-electron chi connectivity index (χ2n) is 7.43. The summed E-state index contributed by atoms with van der Waals surface area (Å²) in [6.07, 6.45) is 4.96. The zero-order chi connectivity index (χ0) is 18.7. The molecule has 1 aliphatic heterocycles. The van der Waals surface area contributed by atoms with Gasteiger partial charge in [0.1, 0.15) is 5.69 Å². The number of carbonyl (C=O) groups is 1. The normalized spacial score (nSPS) is 22.2. The van der Waals surface area contributed by atoms with Crippen LogP contribution in [0.3, 0.4) is 0 Å². The van der Waals surface area contributed by atoms with Crippen LogP contribution in [-0.4, -0.2) is 52.1 Å². The molecule has 1 aliphatic rings. The highest BCUT2D eigenvalue weighted by Gasteiger charge is 2.34. The van der Waals surface area contributed by atoms with E-state index in [1.807, 2.05) is 48.1 Å². The van der Waals surface area contributed by atoms with E-state index in [4.69, 9.17) is 4.74 Å². The molecule has 0 unspecified atom stereocenters. The Balaban J connectivity index is 1.57. The van der Waals surface area contributed by atoms with Gasteiger partial charge in [-0.2, -0.15) is 0 Å². The van der Waals surface area contributed by atoms with Gasteiger partial charge in [-0.3, -0.25) is 4.79 Å². The van der Waals surface area contributed by atoms with E-state index in [1.165, 1.54) is 0 Å². The van der Waals surface area contributed by atoms with E-state index in [9.17, 15) is 4.79 Å². The largest absolute Gasteiger partial charge is 0.374 e. The second kappa shape index (κ2) is 7.99. The minimum atomic E-state index is -0.0960. The molecule has 3 rings (SSSR count). The highest BCUT2D eigenvalue weighted by molar-refractivity contribution is 5.78. The van der Waals surface area contributed by atoms with Gasteiger partial charge in [0.2, 0.25) is 5.91 Å². The number of ether oxygens (including phenoxy) is 1. The summed E-state index contributed by atoms with van der Waals surface area (Å²) in [7, 11) is 3.59. The summed E-state index contributed by atoms with van der Waals surface area (Å²) in [6.45, 7) is 4.09. The van der Waals surface area contributed by atoms with Crippen molar-refractivity contribution in [1.29, 1.82) is 0 Å². The smallest absolute Gasteiger partial charge is 0.227 e. The van der Waals surface area contributed by atoms with E-state index in [1.54, 1.807) is 19.0 Å². The van der Waals surface area contributed by atoms with Gasteiger partial charge in [-0.1, -0.05) is 42.5 Å². The van der Waals surface area contributed by atoms with Crippen molar-refractivity contribution in [1.82, 2.24) is 19.9 Å². The summed E-state index contributed by atoms with van der Waals surface area (Å²) in [5, 5.41) is 8.58. The Kier molecular flexibility index (Phi) is 5.71. The van der Waals surface area contributed by atoms with Crippen molar-refractivity contribution in [2.45, 2.75) is 51.4 Å². The van der Waals surface area contributed by atoms with Gasteiger partial charge in [0.05, 0.1) is 30.4 Å². The molecule has 140 valence electrons. The fourth-order valence-electron chi connectivity index (χ4n) is 3.56. The molecule has 26 heavy (non-hydrogen) atoms. The average Bonchev–Trinajstić information content (AvgIpc) is 3.31. The molecule has 2 aromatic rings. The van der Waals surface area contributed by atoms with Gasteiger partial charge in [-0.15, -0.1) is 5.10 Å². The van der Waals surface area contributed by atoms with Crippen LogP contribution in [0.4, 0.5) is 0 Å². The molecule has 1 aromatic carbocycles. The predicted octanol–water partition coefficient (Wildman–Crippen LogP) is 3.17. The number of hydrogen-bond donors (Lipinski definition) is 0. The zero-order valence-corrected chi connectivity index (χ0v) is 16.0. The number of hydrogen-bond acceptors (Lipinski definition) is 4. The molecule has 0 spiro atoms. The Morgan fingerprint density at radius 1 is 1.27 bits per heavy atom. The molecule has 1 saturated heterocycles. The molecule has 6 heteroatoms. The maximum absolute atomic E-state index is 12.1. The third-order valence-electron chi connectivity index (χ3n) is 5.16. The van der Waals surface area contributed by atoms with Crippen molar-refractivity contribution in [2.75, 3.05) is 14.1 Å². The van der Waals surface area contributed by atoms with Crippen molar-refractivity contribution >= 4 is 5.91 Å². The molecule has 2 heterocycles. The molecule has 4 atom stereocenters. The lowest BCUT2D eigenvalue weighted by Crippen LogP contribution is -2.35. The van der Waals surface area contributed by atoms with Crippen molar-refractivity contribution in [3.8, 4) is 11.3 Å². The van der Waals surface area contributed by atoms with Gasteiger partial charge in [0, 0.05) is 19.7 Å². The fourth-order valence-corrected chi connectivity index (χ4v) is 3.56. The van der Waals surface area contributed by atoms with Gasteiger partial charge in [0.25, 0.3) is 0 Å². The zero-order valence-electron chi connectivity index (χ0n) is 16.0. The van der Waals surface area contributed by atoms with E-state index in [2.05, 4.69) is 17.2 Å². The molecule has 0 radical (unpaired) electrons. The summed E-state index contributed by atoms with van der Waals surface area (Å²) in [5.74, 6) is 0.0360. The maximum atomic E-state index is 12.1. The van der Waals surface area contributed by atoms with Gasteiger partial charge in [-0.05, 0) is 26.2 Å². The first-order chi connectivity index (χ1) is 12.5. The molecule has 6 nitrogen and oxygen atoms in total. The topological polar surface area (TPSA) is 60.2 Å². The SMILES string of the molecule is C[C@H](C(=O)N(C)C)[C@@H]1CC[C@H](C[C@@H](C)n2cc(-c3ccccc3)nn2)O1. The minimum Gasteiger partial charge on any atom is -0.374 e. The third-order valence-corrected chi connectivity index (χ3v) is 5.16. The molecule has 0 N–H and O–H groups in total. The van der Waals surface area contributed by atoms with Crippen LogP contribution in [0.2, 0.25) is 0 Å². The summed E-state index contributed by atoms with van der Waals surface area (Å²) >= 11 is 0. The van der Waals surface area contributed by atoms with Crippen molar-refractivity contribution in [3.63, 3.8) is 0 Å². The number of nitrogens with zero attached hydrogens (tertiary/aromatic N) is 4. The summed E-state index contributed by atoms with van der Waals surface area (Å²) in [5.41, 5.74) is 1.95. The Bertz CT molecular complexity index is 728. The predicted molar refractivity (Wildman–Crippen MR) is 101 cm³/mol. The number of amides is 1. The van der Waals surface area contributed by atoms with Crippen LogP contribution >= 0.6 is 0 Å². The number of aromatic nitrogens is 3. The Morgan fingerprint density at radius 2 is 2.00 bits per heavy atom. The quantitative estimate of drug-likeness (QED) is 0.798. The Morgan fingerprint density at radius 3 is 2.69 bits per heavy atom. The summed E-state index contributed by atoms with van der Waals surface area (Å²) in [4.78, 5) is 13.8. The first-order valence-corrected chi connectivity index (χ1v) is 9.29. The third kappa shape index (κ3) is 4.12. The van der Waals surface area contributed by atoms with Crippen LogP contribution in [0.5, 0.6) is 0 Å². The number of carbonyl (C=O) groups excluding carboxylic acids is 1. The van der Waals surface area contributed by atoms with Crippen LogP contribution in [0.25, 0.3) is 11.3 Å². The minimum absolute atomic E-state index is 0.0118. The summed E-state index contributed by atoms with van der Waals surface area (Å²) in [6, 6.07) is 10.3. The van der Waals surface area contributed by atoms with Crippen molar-refractivity contribution < 1.29 is 9.53 Å². The van der Waals surface area contributed by atoms with Crippen LogP contribution < -0.4 is 0 Å². The molecule has 0 bridgehead atoms. The van der Waals surface area contributed by atoms with Crippen molar-refractivity contribution in [3.05, 3.63) is 36.5 Å². The lowest BCUT2D eigenvalue weighted by Gasteiger charge is -2.23. The molecule has 1 fully saturated rings. The number of rotatable bonds is 6. The first kappa shape index (κ1) is 18.6. The average molecular weight is 356 g/mol. The maximum Gasteiger partial charge on any atom is 0.227 e. The molecular weight excluding hydrogens is 328 g/mol.